The Labute approximate surface area is 88.6 Å². The van der Waals surface area contributed by atoms with Gasteiger partial charge in [-0.3, -0.25) is 0 Å². The predicted octanol–water partition coefficient (Wildman–Crippen LogP) is 3.44. The van der Waals surface area contributed by atoms with E-state index in [4.69, 9.17) is 5.90 Å². The average Bonchev–Trinajstić information content (AvgIpc) is 2.10. The molecule has 0 aliphatic carbocycles. The molecular formula is C10H24ClNO. The van der Waals surface area contributed by atoms with Gasteiger partial charge in [0.15, 0.2) is 0 Å². The largest absolute Gasteiger partial charge is 0.305 e. The number of halogens is 1. The third kappa shape index (κ3) is 15.0. The second-order valence-electron chi connectivity index (χ2n) is 3.35. The van der Waals surface area contributed by atoms with Crippen LogP contribution in [0, 0.1) is 0 Å². The standard InChI is InChI=1S/C10H23NO.ClH/c1-2-3-4-5-6-7-8-9-10-12-11;/h2-11H2,1H3;1H. The maximum atomic E-state index is 4.91. The molecule has 0 aliphatic rings. The van der Waals surface area contributed by atoms with Crippen LogP contribution in [0.15, 0.2) is 0 Å². The Morgan fingerprint density at radius 2 is 1.31 bits per heavy atom. The third-order valence-corrected chi connectivity index (χ3v) is 2.12. The van der Waals surface area contributed by atoms with Crippen molar-refractivity contribution in [2.45, 2.75) is 58.3 Å². The molecule has 0 heterocycles. The van der Waals surface area contributed by atoms with E-state index in [1.807, 2.05) is 0 Å². The number of unbranched alkanes of at least 4 members (excludes halogenated alkanes) is 7. The van der Waals surface area contributed by atoms with E-state index in [-0.39, 0.29) is 12.4 Å². The second-order valence-corrected chi connectivity index (χ2v) is 3.35. The van der Waals surface area contributed by atoms with Crippen molar-refractivity contribution in [1.82, 2.24) is 0 Å². The fourth-order valence-electron chi connectivity index (χ4n) is 1.32. The van der Waals surface area contributed by atoms with Crippen molar-refractivity contribution in [1.29, 1.82) is 0 Å². The van der Waals surface area contributed by atoms with E-state index < -0.39 is 0 Å². The first-order valence-corrected chi connectivity index (χ1v) is 5.23. The van der Waals surface area contributed by atoms with Crippen LogP contribution in [0.5, 0.6) is 0 Å². The monoisotopic (exact) mass is 209 g/mol. The van der Waals surface area contributed by atoms with E-state index in [0.717, 1.165) is 13.0 Å². The number of hydrogen-bond acceptors (Lipinski definition) is 2. The number of rotatable bonds is 9. The Kier molecular flexibility index (Phi) is 17.7. The zero-order valence-corrected chi connectivity index (χ0v) is 9.57. The Morgan fingerprint density at radius 3 is 1.77 bits per heavy atom. The zero-order valence-electron chi connectivity index (χ0n) is 8.76. The highest BCUT2D eigenvalue weighted by Crippen LogP contribution is 2.07. The smallest absolute Gasteiger partial charge is 0.0679 e. The minimum absolute atomic E-state index is 0. The molecule has 0 amide bonds. The van der Waals surface area contributed by atoms with Gasteiger partial charge in [0.2, 0.25) is 0 Å². The Balaban J connectivity index is 0. The topological polar surface area (TPSA) is 35.2 Å². The molecule has 0 unspecified atom stereocenters. The lowest BCUT2D eigenvalue weighted by atomic mass is 10.1. The van der Waals surface area contributed by atoms with Crippen molar-refractivity contribution < 1.29 is 4.84 Å². The van der Waals surface area contributed by atoms with E-state index in [2.05, 4.69) is 11.8 Å². The van der Waals surface area contributed by atoms with Gasteiger partial charge in [-0.15, -0.1) is 12.4 Å². The maximum Gasteiger partial charge on any atom is 0.0679 e. The van der Waals surface area contributed by atoms with Gasteiger partial charge in [0.05, 0.1) is 6.61 Å². The molecule has 0 saturated carbocycles. The lowest BCUT2D eigenvalue weighted by Gasteiger charge is -2.00. The summed E-state index contributed by atoms with van der Waals surface area (Å²) in [6.45, 7) is 2.97. The van der Waals surface area contributed by atoms with Crippen molar-refractivity contribution >= 4 is 12.4 Å². The highest BCUT2D eigenvalue weighted by molar-refractivity contribution is 5.85. The molecule has 0 rings (SSSR count). The molecule has 0 aromatic rings. The second kappa shape index (κ2) is 14.7. The van der Waals surface area contributed by atoms with E-state index in [0.29, 0.717) is 0 Å². The molecular weight excluding hydrogens is 186 g/mol. The summed E-state index contributed by atoms with van der Waals surface area (Å²) in [6, 6.07) is 0. The van der Waals surface area contributed by atoms with Crippen LogP contribution >= 0.6 is 12.4 Å². The SMILES string of the molecule is CCCCCCCCCCON.Cl. The summed E-state index contributed by atoms with van der Waals surface area (Å²) in [7, 11) is 0. The van der Waals surface area contributed by atoms with Crippen molar-refractivity contribution in [2.75, 3.05) is 6.61 Å². The third-order valence-electron chi connectivity index (χ3n) is 2.12. The Morgan fingerprint density at radius 1 is 0.846 bits per heavy atom. The fourth-order valence-corrected chi connectivity index (χ4v) is 1.32. The van der Waals surface area contributed by atoms with Crippen LogP contribution in [0.2, 0.25) is 0 Å². The molecule has 3 heteroatoms. The van der Waals surface area contributed by atoms with Gasteiger partial charge in [-0.25, -0.2) is 5.90 Å². The van der Waals surface area contributed by atoms with Crippen molar-refractivity contribution in [3.63, 3.8) is 0 Å². The van der Waals surface area contributed by atoms with Crippen LogP contribution in [-0.2, 0) is 4.84 Å². The van der Waals surface area contributed by atoms with E-state index >= 15 is 0 Å². The van der Waals surface area contributed by atoms with E-state index in [1.54, 1.807) is 0 Å². The molecule has 0 radical (unpaired) electrons. The Hall–Kier alpha value is 0.210. The van der Waals surface area contributed by atoms with Crippen LogP contribution in [0.1, 0.15) is 58.3 Å². The molecule has 0 aromatic carbocycles. The first kappa shape index (κ1) is 15.7. The molecule has 0 atom stereocenters. The van der Waals surface area contributed by atoms with Gasteiger partial charge >= 0.3 is 0 Å². The summed E-state index contributed by atoms with van der Waals surface area (Å²) in [5.74, 6) is 4.91. The Bertz CT molecular complexity index is 71.3. The van der Waals surface area contributed by atoms with Crippen LogP contribution in [-0.4, -0.2) is 6.61 Å². The van der Waals surface area contributed by atoms with Gasteiger partial charge in [-0.05, 0) is 6.42 Å². The molecule has 0 fully saturated rings. The predicted molar refractivity (Wildman–Crippen MR) is 60.0 cm³/mol. The van der Waals surface area contributed by atoms with Crippen LogP contribution in [0.25, 0.3) is 0 Å². The molecule has 2 nitrogen and oxygen atoms in total. The highest BCUT2D eigenvalue weighted by Gasteiger charge is 1.90. The average molecular weight is 210 g/mol. The summed E-state index contributed by atoms with van der Waals surface area (Å²) in [5.41, 5.74) is 0. The lowest BCUT2D eigenvalue weighted by molar-refractivity contribution is 0.133. The normalized spacial score (nSPS) is 9.69. The lowest BCUT2D eigenvalue weighted by Crippen LogP contribution is -2.00. The molecule has 13 heavy (non-hydrogen) atoms. The molecule has 2 N–H and O–H groups in total. The van der Waals surface area contributed by atoms with Gasteiger partial charge in [0.25, 0.3) is 0 Å². The minimum Gasteiger partial charge on any atom is -0.305 e. The first-order chi connectivity index (χ1) is 5.91. The van der Waals surface area contributed by atoms with Gasteiger partial charge < -0.3 is 4.84 Å². The van der Waals surface area contributed by atoms with Gasteiger partial charge in [-0.1, -0.05) is 51.9 Å². The maximum absolute atomic E-state index is 4.91. The quantitative estimate of drug-likeness (QED) is 0.467. The van der Waals surface area contributed by atoms with Gasteiger partial charge in [0, 0.05) is 0 Å². The minimum atomic E-state index is 0. The summed E-state index contributed by atoms with van der Waals surface area (Å²) in [4.78, 5) is 4.49. The first-order valence-electron chi connectivity index (χ1n) is 5.23. The van der Waals surface area contributed by atoms with Crippen molar-refractivity contribution in [3.05, 3.63) is 0 Å². The molecule has 0 bridgehead atoms. The molecule has 0 saturated heterocycles. The summed E-state index contributed by atoms with van der Waals surface area (Å²) in [6.07, 6.45) is 10.6. The zero-order chi connectivity index (χ0) is 9.07. The molecule has 82 valence electrons. The van der Waals surface area contributed by atoms with Crippen LogP contribution < -0.4 is 5.90 Å². The van der Waals surface area contributed by atoms with Gasteiger partial charge in [-0.2, -0.15) is 0 Å². The molecule has 0 aromatic heterocycles. The van der Waals surface area contributed by atoms with Crippen molar-refractivity contribution in [3.8, 4) is 0 Å². The fraction of sp³-hybridized carbons (Fsp3) is 1.00. The number of hydrogen-bond donors (Lipinski definition) is 1. The van der Waals surface area contributed by atoms with Gasteiger partial charge in [0.1, 0.15) is 0 Å². The van der Waals surface area contributed by atoms with Crippen molar-refractivity contribution in [2.24, 2.45) is 5.90 Å². The molecule has 0 spiro atoms. The van der Waals surface area contributed by atoms with E-state index in [1.165, 1.54) is 44.9 Å². The summed E-state index contributed by atoms with van der Waals surface area (Å²) < 4.78 is 0. The number of nitrogens with two attached hydrogens (primary N) is 1. The molecule has 0 aliphatic heterocycles. The van der Waals surface area contributed by atoms with Crippen LogP contribution in [0.4, 0.5) is 0 Å². The van der Waals surface area contributed by atoms with Crippen LogP contribution in [0.3, 0.4) is 0 Å². The van der Waals surface area contributed by atoms with E-state index in [9.17, 15) is 0 Å². The summed E-state index contributed by atoms with van der Waals surface area (Å²) in [5, 5.41) is 0. The summed E-state index contributed by atoms with van der Waals surface area (Å²) >= 11 is 0. The highest BCUT2D eigenvalue weighted by atomic mass is 35.5.